The Labute approximate surface area is 129 Å². The summed E-state index contributed by atoms with van der Waals surface area (Å²) in [4.78, 5) is 13.8. The van der Waals surface area contributed by atoms with Gasteiger partial charge in [0.05, 0.1) is 18.0 Å². The molecule has 1 atom stereocenters. The number of methoxy groups -OCH3 is 1. The lowest BCUT2D eigenvalue weighted by molar-refractivity contribution is 0.0277. The maximum atomic E-state index is 6.14. The second-order valence-corrected chi connectivity index (χ2v) is 6.93. The van der Waals surface area contributed by atoms with Gasteiger partial charge in [-0.05, 0) is 38.8 Å². The first-order chi connectivity index (χ1) is 10.1. The van der Waals surface area contributed by atoms with Gasteiger partial charge in [-0.3, -0.25) is 4.90 Å². The molecule has 2 aromatic rings. The van der Waals surface area contributed by atoms with Gasteiger partial charge in [-0.1, -0.05) is 0 Å². The molecule has 2 N–H and O–H groups in total. The van der Waals surface area contributed by atoms with E-state index in [0.29, 0.717) is 11.9 Å². The van der Waals surface area contributed by atoms with Crippen LogP contribution in [0.25, 0.3) is 10.2 Å². The van der Waals surface area contributed by atoms with Gasteiger partial charge in [0.15, 0.2) is 0 Å². The second kappa shape index (κ2) is 5.87. The zero-order valence-corrected chi connectivity index (χ0v) is 13.7. The van der Waals surface area contributed by atoms with Crippen LogP contribution in [-0.4, -0.2) is 41.2 Å². The summed E-state index contributed by atoms with van der Waals surface area (Å²) >= 11 is 1.70. The molecule has 0 amide bonds. The summed E-state index contributed by atoms with van der Waals surface area (Å²) in [5.41, 5.74) is 7.35. The number of nitrogen functional groups attached to an aromatic ring is 1. The summed E-state index contributed by atoms with van der Waals surface area (Å²) in [5, 5.41) is 1.02. The van der Waals surface area contributed by atoms with Gasteiger partial charge in [-0.25, -0.2) is 9.97 Å². The van der Waals surface area contributed by atoms with E-state index >= 15 is 0 Å². The number of hydrogen-bond donors (Lipinski definition) is 1. The maximum Gasteiger partial charge on any atom is 0.146 e. The number of aromatic nitrogens is 2. The van der Waals surface area contributed by atoms with Gasteiger partial charge in [0.25, 0.3) is 0 Å². The summed E-state index contributed by atoms with van der Waals surface area (Å²) in [5.74, 6) is 1.43. The normalized spacial score (nSPS) is 20.2. The smallest absolute Gasteiger partial charge is 0.146 e. The minimum Gasteiger partial charge on any atom is -0.383 e. The van der Waals surface area contributed by atoms with Crippen molar-refractivity contribution in [3.63, 3.8) is 0 Å². The largest absolute Gasteiger partial charge is 0.383 e. The molecule has 5 nitrogen and oxygen atoms in total. The van der Waals surface area contributed by atoms with Crippen LogP contribution in [0.2, 0.25) is 0 Å². The lowest BCUT2D eigenvalue weighted by Crippen LogP contribution is -2.39. The van der Waals surface area contributed by atoms with Crippen molar-refractivity contribution in [2.75, 3.05) is 25.9 Å². The highest BCUT2D eigenvalue weighted by Gasteiger charge is 2.21. The molecule has 0 bridgehead atoms. The third kappa shape index (κ3) is 2.88. The molecule has 0 radical (unpaired) electrons. The Bertz CT molecular complexity index is 655. The molecule has 1 aliphatic heterocycles. The number of likely N-dealkylation sites (tertiary alicyclic amines) is 1. The predicted molar refractivity (Wildman–Crippen MR) is 86.6 cm³/mol. The first-order valence-electron chi connectivity index (χ1n) is 7.35. The lowest BCUT2D eigenvalue weighted by atomic mass is 10.1. The minimum absolute atomic E-state index is 0.325. The van der Waals surface area contributed by atoms with E-state index in [1.54, 1.807) is 18.4 Å². The summed E-state index contributed by atoms with van der Waals surface area (Å²) in [6.07, 6.45) is 2.62. The van der Waals surface area contributed by atoms with Crippen LogP contribution in [0, 0.1) is 13.8 Å². The fraction of sp³-hybridized carbons (Fsp3) is 0.600. The van der Waals surface area contributed by atoms with Gasteiger partial charge in [-0.15, -0.1) is 11.3 Å². The standard InChI is InChI=1S/C15H22N4OS/c1-9-10(2)21-15-13(9)14(16)17-12(18-15)8-19-6-4-5-11(7-19)20-3/h11H,4-8H2,1-3H3,(H2,16,17,18). The van der Waals surface area contributed by atoms with Crippen LogP contribution in [0.15, 0.2) is 0 Å². The van der Waals surface area contributed by atoms with Crippen LogP contribution in [-0.2, 0) is 11.3 Å². The number of hydrogen-bond acceptors (Lipinski definition) is 6. The summed E-state index contributed by atoms with van der Waals surface area (Å²) in [6.45, 7) is 6.95. The zero-order valence-electron chi connectivity index (χ0n) is 12.8. The van der Waals surface area contributed by atoms with Crippen LogP contribution in [0.3, 0.4) is 0 Å². The second-order valence-electron chi connectivity index (χ2n) is 5.72. The molecule has 1 aliphatic rings. The Hall–Kier alpha value is -1.24. The fourth-order valence-corrected chi connectivity index (χ4v) is 4.00. The topological polar surface area (TPSA) is 64.3 Å². The van der Waals surface area contributed by atoms with Gasteiger partial charge in [0.2, 0.25) is 0 Å². The number of piperidine rings is 1. The van der Waals surface area contributed by atoms with E-state index in [4.69, 9.17) is 15.5 Å². The molecule has 114 valence electrons. The number of nitrogens with zero attached hydrogens (tertiary/aromatic N) is 3. The van der Waals surface area contributed by atoms with Gasteiger partial charge in [-0.2, -0.15) is 0 Å². The fourth-order valence-electron chi connectivity index (χ4n) is 2.95. The number of ether oxygens (including phenoxy) is 1. The molecule has 0 spiro atoms. The molecule has 1 saturated heterocycles. The summed E-state index contributed by atoms with van der Waals surface area (Å²) in [7, 11) is 1.78. The first-order valence-corrected chi connectivity index (χ1v) is 8.17. The molecule has 2 aromatic heterocycles. The van der Waals surface area contributed by atoms with Crippen molar-refractivity contribution in [2.45, 2.75) is 39.3 Å². The average molecular weight is 306 g/mol. The van der Waals surface area contributed by atoms with Gasteiger partial charge in [0.1, 0.15) is 16.5 Å². The Kier molecular flexibility index (Phi) is 4.10. The van der Waals surface area contributed by atoms with Crippen LogP contribution in [0.5, 0.6) is 0 Å². The Morgan fingerprint density at radius 2 is 2.19 bits per heavy atom. The summed E-state index contributed by atoms with van der Waals surface area (Å²) in [6, 6.07) is 0. The molecule has 1 unspecified atom stereocenters. The van der Waals surface area contributed by atoms with E-state index in [1.807, 2.05) is 0 Å². The SMILES string of the molecule is COC1CCCN(Cc2nc(N)c3c(C)c(C)sc3n2)C1. The van der Waals surface area contributed by atoms with Crippen molar-refractivity contribution in [3.05, 3.63) is 16.3 Å². The highest BCUT2D eigenvalue weighted by molar-refractivity contribution is 7.18. The number of fused-ring (bicyclic) bond motifs is 1. The van der Waals surface area contributed by atoms with Gasteiger partial charge < -0.3 is 10.5 Å². The van der Waals surface area contributed by atoms with Crippen molar-refractivity contribution < 1.29 is 4.74 Å². The Morgan fingerprint density at radius 1 is 1.38 bits per heavy atom. The highest BCUT2D eigenvalue weighted by atomic mass is 32.1. The van der Waals surface area contributed by atoms with Crippen LogP contribution in [0.4, 0.5) is 5.82 Å². The third-order valence-electron chi connectivity index (χ3n) is 4.26. The average Bonchev–Trinajstić information content (AvgIpc) is 2.74. The van der Waals surface area contributed by atoms with Crippen molar-refractivity contribution in [2.24, 2.45) is 0 Å². The molecule has 0 aromatic carbocycles. The van der Waals surface area contributed by atoms with E-state index in [9.17, 15) is 0 Å². The number of aryl methyl sites for hydroxylation is 2. The highest BCUT2D eigenvalue weighted by Crippen LogP contribution is 2.32. The van der Waals surface area contributed by atoms with Crippen molar-refractivity contribution in [3.8, 4) is 0 Å². The Balaban J connectivity index is 1.84. The van der Waals surface area contributed by atoms with Crippen molar-refractivity contribution >= 4 is 27.4 Å². The first kappa shape index (κ1) is 14.7. The molecular formula is C15H22N4OS. The zero-order chi connectivity index (χ0) is 15.0. The monoisotopic (exact) mass is 306 g/mol. The lowest BCUT2D eigenvalue weighted by Gasteiger charge is -2.31. The predicted octanol–water partition coefficient (Wildman–Crippen LogP) is 2.50. The van der Waals surface area contributed by atoms with E-state index in [2.05, 4.69) is 23.7 Å². The van der Waals surface area contributed by atoms with Crippen LogP contribution >= 0.6 is 11.3 Å². The van der Waals surface area contributed by atoms with E-state index in [-0.39, 0.29) is 0 Å². The molecule has 1 fully saturated rings. The van der Waals surface area contributed by atoms with E-state index < -0.39 is 0 Å². The minimum atomic E-state index is 0.325. The number of anilines is 1. The molecular weight excluding hydrogens is 284 g/mol. The molecule has 0 saturated carbocycles. The van der Waals surface area contributed by atoms with E-state index in [1.165, 1.54) is 10.4 Å². The van der Waals surface area contributed by atoms with Crippen LogP contribution in [0.1, 0.15) is 29.1 Å². The molecule has 3 rings (SSSR count). The quantitative estimate of drug-likeness (QED) is 0.944. The maximum absolute atomic E-state index is 6.14. The molecule has 6 heteroatoms. The summed E-state index contributed by atoms with van der Waals surface area (Å²) < 4.78 is 5.47. The molecule has 3 heterocycles. The van der Waals surface area contributed by atoms with Gasteiger partial charge in [0, 0.05) is 18.5 Å². The number of thiophene rings is 1. The van der Waals surface area contributed by atoms with Gasteiger partial charge >= 0.3 is 0 Å². The number of nitrogens with two attached hydrogens (primary N) is 1. The van der Waals surface area contributed by atoms with Crippen molar-refractivity contribution in [1.82, 2.24) is 14.9 Å². The van der Waals surface area contributed by atoms with E-state index in [0.717, 1.165) is 48.5 Å². The Morgan fingerprint density at radius 3 is 2.95 bits per heavy atom. The molecule has 21 heavy (non-hydrogen) atoms. The number of rotatable bonds is 3. The van der Waals surface area contributed by atoms with Crippen LogP contribution < -0.4 is 5.73 Å². The molecule has 0 aliphatic carbocycles. The van der Waals surface area contributed by atoms with Crippen molar-refractivity contribution in [1.29, 1.82) is 0 Å². The third-order valence-corrected chi connectivity index (χ3v) is 5.36.